The molecule has 0 saturated carbocycles. The van der Waals surface area contributed by atoms with Crippen LogP contribution in [0.5, 0.6) is 0 Å². The summed E-state index contributed by atoms with van der Waals surface area (Å²) >= 11 is 0. The summed E-state index contributed by atoms with van der Waals surface area (Å²) in [7, 11) is 2.19. The van der Waals surface area contributed by atoms with E-state index in [1.807, 2.05) is 0 Å². The van der Waals surface area contributed by atoms with Crippen molar-refractivity contribution in [3.63, 3.8) is 0 Å². The quantitative estimate of drug-likeness (QED) is 0.697. The first kappa shape index (κ1) is 12.9. The largest absolute Gasteiger partial charge is 0.377 e. The van der Waals surface area contributed by atoms with Gasteiger partial charge in [0.25, 0.3) is 0 Å². The Kier molecular flexibility index (Phi) is 6.22. The lowest BCUT2D eigenvalue weighted by molar-refractivity contribution is 0.0796. The lowest BCUT2D eigenvalue weighted by Gasteiger charge is -2.22. The minimum atomic E-state index is 0.480. The fraction of sp³-hybridized carbons (Fsp3) is 1.00. The summed E-state index contributed by atoms with van der Waals surface area (Å²) in [5.41, 5.74) is 5.69. The molecule has 0 aromatic carbocycles. The summed E-state index contributed by atoms with van der Waals surface area (Å²) in [5.74, 6) is 0.692. The Morgan fingerprint density at radius 1 is 1.53 bits per heavy atom. The number of hydrogen-bond acceptors (Lipinski definition) is 3. The highest BCUT2D eigenvalue weighted by atomic mass is 16.5. The monoisotopic (exact) mass is 214 g/mol. The first-order valence-corrected chi connectivity index (χ1v) is 6.26. The van der Waals surface area contributed by atoms with Gasteiger partial charge in [-0.1, -0.05) is 13.3 Å². The molecule has 1 aliphatic heterocycles. The Morgan fingerprint density at radius 3 is 2.87 bits per heavy atom. The predicted octanol–water partition coefficient (Wildman–Crippen LogP) is 1.47. The third kappa shape index (κ3) is 4.96. The molecule has 3 nitrogen and oxygen atoms in total. The summed E-state index contributed by atoms with van der Waals surface area (Å²) < 4.78 is 5.62. The van der Waals surface area contributed by atoms with Crippen molar-refractivity contribution >= 4 is 0 Å². The van der Waals surface area contributed by atoms with E-state index in [0.29, 0.717) is 12.0 Å². The molecule has 15 heavy (non-hydrogen) atoms. The van der Waals surface area contributed by atoms with Crippen LogP contribution in [0.3, 0.4) is 0 Å². The van der Waals surface area contributed by atoms with Gasteiger partial charge >= 0.3 is 0 Å². The third-order valence-corrected chi connectivity index (χ3v) is 3.37. The molecule has 0 bridgehead atoms. The van der Waals surface area contributed by atoms with Crippen molar-refractivity contribution in [3.05, 3.63) is 0 Å². The van der Waals surface area contributed by atoms with Gasteiger partial charge in [-0.3, -0.25) is 0 Å². The number of likely N-dealkylation sites (N-methyl/N-ethyl adjacent to an activating group) is 1. The maximum atomic E-state index is 5.69. The maximum Gasteiger partial charge on any atom is 0.0702 e. The van der Waals surface area contributed by atoms with Crippen LogP contribution in [0.1, 0.15) is 32.6 Å². The van der Waals surface area contributed by atoms with Crippen LogP contribution >= 0.6 is 0 Å². The van der Waals surface area contributed by atoms with Gasteiger partial charge < -0.3 is 15.4 Å². The summed E-state index contributed by atoms with van der Waals surface area (Å²) in [6.07, 6.45) is 5.37. The second kappa shape index (κ2) is 7.20. The average molecular weight is 214 g/mol. The highest BCUT2D eigenvalue weighted by Gasteiger charge is 2.17. The minimum Gasteiger partial charge on any atom is -0.377 e. The second-order valence-corrected chi connectivity index (χ2v) is 4.70. The van der Waals surface area contributed by atoms with Crippen molar-refractivity contribution in [2.75, 3.05) is 33.3 Å². The molecule has 0 aromatic rings. The maximum absolute atomic E-state index is 5.69. The van der Waals surface area contributed by atoms with E-state index in [0.717, 1.165) is 26.2 Å². The summed E-state index contributed by atoms with van der Waals surface area (Å²) in [6.45, 7) is 6.23. The van der Waals surface area contributed by atoms with Crippen molar-refractivity contribution in [2.45, 2.75) is 38.7 Å². The van der Waals surface area contributed by atoms with Crippen LogP contribution in [0.15, 0.2) is 0 Å². The number of ether oxygens (including phenoxy) is 1. The minimum absolute atomic E-state index is 0.480. The van der Waals surface area contributed by atoms with Gasteiger partial charge in [-0.05, 0) is 45.3 Å². The normalized spacial score (nSPS) is 23.6. The van der Waals surface area contributed by atoms with Crippen LogP contribution < -0.4 is 5.73 Å². The summed E-state index contributed by atoms with van der Waals surface area (Å²) in [5, 5.41) is 0. The number of nitrogens with zero attached hydrogens (tertiary/aromatic N) is 1. The van der Waals surface area contributed by atoms with Crippen molar-refractivity contribution in [2.24, 2.45) is 11.7 Å². The van der Waals surface area contributed by atoms with Crippen molar-refractivity contribution in [1.29, 1.82) is 0 Å². The average Bonchev–Trinajstić information content (AvgIpc) is 2.72. The molecular formula is C12H26N2O. The van der Waals surface area contributed by atoms with Gasteiger partial charge in [0.1, 0.15) is 0 Å². The molecule has 2 N–H and O–H groups in total. The zero-order chi connectivity index (χ0) is 11.1. The Balaban J connectivity index is 2.09. The van der Waals surface area contributed by atoms with Crippen LogP contribution in [0.2, 0.25) is 0 Å². The van der Waals surface area contributed by atoms with Crippen molar-refractivity contribution in [1.82, 2.24) is 4.90 Å². The molecule has 1 aliphatic rings. The predicted molar refractivity (Wildman–Crippen MR) is 63.9 cm³/mol. The van der Waals surface area contributed by atoms with E-state index in [1.54, 1.807) is 0 Å². The Morgan fingerprint density at radius 2 is 2.33 bits per heavy atom. The zero-order valence-electron chi connectivity index (χ0n) is 10.2. The van der Waals surface area contributed by atoms with Crippen molar-refractivity contribution < 1.29 is 4.74 Å². The Bertz CT molecular complexity index is 154. The fourth-order valence-corrected chi connectivity index (χ4v) is 2.12. The Hall–Kier alpha value is -0.120. The van der Waals surface area contributed by atoms with Gasteiger partial charge in [0.2, 0.25) is 0 Å². The number of hydrogen-bond donors (Lipinski definition) is 1. The SMILES string of the molecule is CCC(CN)CCN(C)CC1CCCO1. The molecule has 0 amide bonds. The molecule has 1 fully saturated rings. The summed E-state index contributed by atoms with van der Waals surface area (Å²) in [6, 6.07) is 0. The molecule has 90 valence electrons. The molecule has 0 radical (unpaired) electrons. The topological polar surface area (TPSA) is 38.5 Å². The van der Waals surface area contributed by atoms with Gasteiger partial charge in [0.05, 0.1) is 6.10 Å². The molecule has 0 spiro atoms. The van der Waals surface area contributed by atoms with Crippen LogP contribution in [-0.2, 0) is 4.74 Å². The van der Waals surface area contributed by atoms with Gasteiger partial charge in [-0.25, -0.2) is 0 Å². The molecule has 0 aromatic heterocycles. The highest BCUT2D eigenvalue weighted by Crippen LogP contribution is 2.13. The zero-order valence-corrected chi connectivity index (χ0v) is 10.2. The fourth-order valence-electron chi connectivity index (χ4n) is 2.12. The van der Waals surface area contributed by atoms with Gasteiger partial charge in [0.15, 0.2) is 0 Å². The smallest absolute Gasteiger partial charge is 0.0702 e. The van der Waals surface area contributed by atoms with Crippen LogP contribution in [0, 0.1) is 5.92 Å². The first-order chi connectivity index (χ1) is 7.26. The third-order valence-electron chi connectivity index (χ3n) is 3.37. The van der Waals surface area contributed by atoms with Gasteiger partial charge in [-0.2, -0.15) is 0 Å². The second-order valence-electron chi connectivity index (χ2n) is 4.70. The highest BCUT2D eigenvalue weighted by molar-refractivity contribution is 4.69. The molecule has 2 atom stereocenters. The number of rotatable bonds is 7. The van der Waals surface area contributed by atoms with E-state index in [4.69, 9.17) is 10.5 Å². The first-order valence-electron chi connectivity index (χ1n) is 6.26. The Labute approximate surface area is 94.0 Å². The molecule has 3 heteroatoms. The summed E-state index contributed by atoms with van der Waals surface area (Å²) in [4.78, 5) is 2.38. The lowest BCUT2D eigenvalue weighted by atomic mass is 10.0. The van der Waals surface area contributed by atoms with Gasteiger partial charge in [0, 0.05) is 13.2 Å². The standard InChI is InChI=1S/C12H26N2O/c1-3-11(9-13)6-7-14(2)10-12-5-4-8-15-12/h11-12H,3-10,13H2,1-2H3. The lowest BCUT2D eigenvalue weighted by Crippen LogP contribution is -2.31. The van der Waals surface area contributed by atoms with E-state index < -0.39 is 0 Å². The van der Waals surface area contributed by atoms with Crippen LogP contribution in [0.25, 0.3) is 0 Å². The molecule has 2 unspecified atom stereocenters. The van der Waals surface area contributed by atoms with Crippen LogP contribution in [-0.4, -0.2) is 44.3 Å². The molecule has 1 saturated heterocycles. The van der Waals surface area contributed by atoms with E-state index >= 15 is 0 Å². The molecule has 0 aliphatic carbocycles. The molecular weight excluding hydrogens is 188 g/mol. The molecule has 1 heterocycles. The van der Waals surface area contributed by atoms with Gasteiger partial charge in [-0.15, -0.1) is 0 Å². The van der Waals surface area contributed by atoms with Crippen molar-refractivity contribution in [3.8, 4) is 0 Å². The molecule has 1 rings (SSSR count). The number of nitrogens with two attached hydrogens (primary N) is 1. The van der Waals surface area contributed by atoms with E-state index in [-0.39, 0.29) is 0 Å². The van der Waals surface area contributed by atoms with E-state index in [9.17, 15) is 0 Å². The van der Waals surface area contributed by atoms with E-state index in [1.165, 1.54) is 25.7 Å². The van der Waals surface area contributed by atoms with E-state index in [2.05, 4.69) is 18.9 Å². The van der Waals surface area contributed by atoms with Crippen LogP contribution in [0.4, 0.5) is 0 Å².